The Hall–Kier alpha value is -1.53. The molecule has 0 saturated carbocycles. The first-order chi connectivity index (χ1) is 7.13. The van der Waals surface area contributed by atoms with Crippen LogP contribution < -0.4 is 5.32 Å². The maximum absolute atomic E-state index is 11.4. The number of aliphatic hydroxyl groups excluding tert-OH is 2. The molecular formula is C9H13N3O3. The van der Waals surface area contributed by atoms with Gasteiger partial charge in [-0.25, -0.2) is 4.98 Å². The first-order valence-corrected chi connectivity index (χ1v) is 4.49. The lowest BCUT2D eigenvalue weighted by atomic mass is 10.3. The molecule has 0 spiro atoms. The summed E-state index contributed by atoms with van der Waals surface area (Å²) in [5, 5.41) is 19.9. The molecule has 0 aliphatic carbocycles. The zero-order valence-corrected chi connectivity index (χ0v) is 8.34. The van der Waals surface area contributed by atoms with Crippen molar-refractivity contribution in [1.82, 2.24) is 15.3 Å². The van der Waals surface area contributed by atoms with Crippen LogP contribution >= 0.6 is 0 Å². The number of hydrogen-bond acceptors (Lipinski definition) is 5. The highest BCUT2D eigenvalue weighted by molar-refractivity contribution is 5.91. The summed E-state index contributed by atoms with van der Waals surface area (Å²) < 4.78 is 0. The van der Waals surface area contributed by atoms with Crippen molar-refractivity contribution < 1.29 is 15.0 Å². The van der Waals surface area contributed by atoms with E-state index in [-0.39, 0.29) is 18.8 Å². The summed E-state index contributed by atoms with van der Waals surface area (Å²) in [5.74, 6) is -0.421. The van der Waals surface area contributed by atoms with Gasteiger partial charge in [0.05, 0.1) is 24.6 Å². The summed E-state index contributed by atoms with van der Waals surface area (Å²) in [7, 11) is 0. The molecule has 0 saturated heterocycles. The van der Waals surface area contributed by atoms with Gasteiger partial charge in [0, 0.05) is 12.7 Å². The van der Waals surface area contributed by atoms with Gasteiger partial charge in [0.1, 0.15) is 5.69 Å². The topological polar surface area (TPSA) is 95.3 Å². The number of aliphatic hydroxyl groups is 2. The summed E-state index contributed by atoms with van der Waals surface area (Å²) in [6.07, 6.45) is 1.89. The molecule has 1 aromatic heterocycles. The summed E-state index contributed by atoms with van der Waals surface area (Å²) in [4.78, 5) is 19.1. The molecule has 0 aliphatic heterocycles. The Morgan fingerprint density at radius 3 is 2.80 bits per heavy atom. The number of nitrogens with zero attached hydrogens (tertiary/aromatic N) is 2. The van der Waals surface area contributed by atoms with Crippen LogP contribution in [-0.2, 0) is 0 Å². The Balaban J connectivity index is 2.50. The molecule has 1 aromatic rings. The molecule has 15 heavy (non-hydrogen) atoms. The lowest BCUT2D eigenvalue weighted by Gasteiger charge is -2.08. The fraction of sp³-hybridized carbons (Fsp3) is 0.444. The van der Waals surface area contributed by atoms with Crippen LogP contribution in [0.5, 0.6) is 0 Å². The van der Waals surface area contributed by atoms with Gasteiger partial charge in [0.25, 0.3) is 5.91 Å². The Labute approximate surface area is 87.0 Å². The maximum atomic E-state index is 11.4. The fourth-order valence-electron chi connectivity index (χ4n) is 0.875. The molecule has 1 atom stereocenters. The van der Waals surface area contributed by atoms with Crippen molar-refractivity contribution in [2.45, 2.75) is 13.0 Å². The van der Waals surface area contributed by atoms with Crippen LogP contribution in [0.4, 0.5) is 0 Å². The average molecular weight is 211 g/mol. The van der Waals surface area contributed by atoms with E-state index in [1.165, 1.54) is 12.4 Å². The highest BCUT2D eigenvalue weighted by Gasteiger charge is 2.09. The Morgan fingerprint density at radius 1 is 1.53 bits per heavy atom. The summed E-state index contributed by atoms with van der Waals surface area (Å²) in [5.41, 5.74) is 0.910. The van der Waals surface area contributed by atoms with E-state index in [2.05, 4.69) is 15.3 Å². The summed E-state index contributed by atoms with van der Waals surface area (Å²) >= 11 is 0. The number of hydrogen-bond donors (Lipinski definition) is 3. The van der Waals surface area contributed by atoms with Gasteiger partial charge in [-0.15, -0.1) is 0 Å². The van der Waals surface area contributed by atoms with Gasteiger partial charge in [-0.1, -0.05) is 0 Å². The number of rotatable bonds is 4. The van der Waals surface area contributed by atoms with Crippen LogP contribution in [0.1, 0.15) is 16.2 Å². The third-order valence-corrected chi connectivity index (χ3v) is 1.72. The van der Waals surface area contributed by atoms with Crippen LogP contribution in [0.25, 0.3) is 0 Å². The standard InChI is InChI=1S/C9H13N3O3/c1-6-2-11-8(4-10-6)9(15)12-3-7(14)5-13/h2,4,7,13-14H,3,5H2,1H3,(H,12,15). The van der Waals surface area contributed by atoms with Crippen molar-refractivity contribution in [3.05, 3.63) is 23.8 Å². The van der Waals surface area contributed by atoms with Crippen LogP contribution in [0, 0.1) is 6.92 Å². The molecule has 1 amide bonds. The molecule has 0 bridgehead atoms. The predicted molar refractivity (Wildman–Crippen MR) is 52.2 cm³/mol. The molecule has 0 aliphatic rings. The highest BCUT2D eigenvalue weighted by atomic mass is 16.3. The molecule has 82 valence electrons. The molecule has 0 aromatic carbocycles. The molecule has 1 rings (SSSR count). The molecular weight excluding hydrogens is 198 g/mol. The highest BCUT2D eigenvalue weighted by Crippen LogP contribution is 1.93. The zero-order valence-electron chi connectivity index (χ0n) is 8.34. The Morgan fingerprint density at radius 2 is 2.27 bits per heavy atom. The van der Waals surface area contributed by atoms with E-state index in [9.17, 15) is 4.79 Å². The SMILES string of the molecule is Cc1cnc(C(=O)NCC(O)CO)cn1. The van der Waals surface area contributed by atoms with Gasteiger partial charge >= 0.3 is 0 Å². The van der Waals surface area contributed by atoms with E-state index < -0.39 is 12.0 Å². The fourth-order valence-corrected chi connectivity index (χ4v) is 0.875. The van der Waals surface area contributed by atoms with Crippen LogP contribution in [0.15, 0.2) is 12.4 Å². The molecule has 6 heteroatoms. The van der Waals surface area contributed by atoms with E-state index >= 15 is 0 Å². The molecule has 6 nitrogen and oxygen atoms in total. The van der Waals surface area contributed by atoms with Crippen molar-refractivity contribution in [3.63, 3.8) is 0 Å². The maximum Gasteiger partial charge on any atom is 0.271 e. The minimum Gasteiger partial charge on any atom is -0.394 e. The van der Waals surface area contributed by atoms with Crippen molar-refractivity contribution in [2.75, 3.05) is 13.2 Å². The monoisotopic (exact) mass is 211 g/mol. The van der Waals surface area contributed by atoms with E-state index in [4.69, 9.17) is 10.2 Å². The van der Waals surface area contributed by atoms with E-state index in [1.54, 1.807) is 6.92 Å². The smallest absolute Gasteiger partial charge is 0.271 e. The molecule has 0 radical (unpaired) electrons. The molecule has 1 unspecified atom stereocenters. The van der Waals surface area contributed by atoms with E-state index in [0.717, 1.165) is 5.69 Å². The van der Waals surface area contributed by atoms with Gasteiger partial charge in [0.15, 0.2) is 0 Å². The number of carbonyl (C=O) groups excluding carboxylic acids is 1. The van der Waals surface area contributed by atoms with Crippen molar-refractivity contribution in [3.8, 4) is 0 Å². The molecule has 0 fully saturated rings. The van der Waals surface area contributed by atoms with Crippen molar-refractivity contribution >= 4 is 5.91 Å². The first-order valence-electron chi connectivity index (χ1n) is 4.49. The minimum absolute atomic E-state index is 0.00904. The van der Waals surface area contributed by atoms with Crippen LogP contribution in [0.3, 0.4) is 0 Å². The lowest BCUT2D eigenvalue weighted by molar-refractivity contribution is 0.0798. The van der Waals surface area contributed by atoms with Gasteiger partial charge in [-0.05, 0) is 6.92 Å². The Kier molecular flexibility index (Phi) is 4.14. The third kappa shape index (κ3) is 3.61. The Bertz CT molecular complexity index is 326. The molecule has 1 heterocycles. The quantitative estimate of drug-likeness (QED) is 0.585. The third-order valence-electron chi connectivity index (χ3n) is 1.72. The van der Waals surface area contributed by atoms with Crippen LogP contribution in [0.2, 0.25) is 0 Å². The zero-order chi connectivity index (χ0) is 11.3. The predicted octanol–water partition coefficient (Wildman–Crippen LogP) is -1.13. The summed E-state index contributed by atoms with van der Waals surface area (Å²) in [6.45, 7) is 1.37. The summed E-state index contributed by atoms with van der Waals surface area (Å²) in [6, 6.07) is 0. The number of aryl methyl sites for hydroxylation is 1. The van der Waals surface area contributed by atoms with Crippen molar-refractivity contribution in [2.24, 2.45) is 0 Å². The minimum atomic E-state index is -0.952. The van der Waals surface area contributed by atoms with E-state index in [0.29, 0.717) is 0 Å². The van der Waals surface area contributed by atoms with Gasteiger partial charge in [0.2, 0.25) is 0 Å². The van der Waals surface area contributed by atoms with E-state index in [1.807, 2.05) is 0 Å². The number of nitrogens with one attached hydrogen (secondary N) is 1. The van der Waals surface area contributed by atoms with Gasteiger partial charge in [-0.3, -0.25) is 9.78 Å². The second-order valence-corrected chi connectivity index (χ2v) is 3.09. The number of aromatic nitrogens is 2. The lowest BCUT2D eigenvalue weighted by Crippen LogP contribution is -2.34. The number of amides is 1. The number of carbonyl (C=O) groups is 1. The molecule has 3 N–H and O–H groups in total. The average Bonchev–Trinajstić information content (AvgIpc) is 2.26. The normalized spacial score (nSPS) is 12.2. The first kappa shape index (κ1) is 11.5. The second-order valence-electron chi connectivity index (χ2n) is 3.09. The van der Waals surface area contributed by atoms with Gasteiger partial charge in [-0.2, -0.15) is 0 Å². The second kappa shape index (κ2) is 5.38. The van der Waals surface area contributed by atoms with Crippen molar-refractivity contribution in [1.29, 1.82) is 0 Å². The van der Waals surface area contributed by atoms with Gasteiger partial charge < -0.3 is 15.5 Å². The largest absolute Gasteiger partial charge is 0.394 e. The van der Waals surface area contributed by atoms with Crippen LogP contribution in [-0.4, -0.2) is 45.3 Å².